The van der Waals surface area contributed by atoms with Gasteiger partial charge in [-0.2, -0.15) is 0 Å². The highest BCUT2D eigenvalue weighted by Crippen LogP contribution is 2.39. The molecule has 28 heavy (non-hydrogen) atoms. The van der Waals surface area contributed by atoms with Crippen LogP contribution in [0, 0.1) is 0 Å². The summed E-state index contributed by atoms with van der Waals surface area (Å²) in [4.78, 5) is 0. The van der Waals surface area contributed by atoms with Gasteiger partial charge in [0.2, 0.25) is 10.0 Å². The predicted octanol–water partition coefficient (Wildman–Crippen LogP) is 2.93. The molecule has 1 aromatic carbocycles. The van der Waals surface area contributed by atoms with Gasteiger partial charge >= 0.3 is 7.12 Å². The Kier molecular flexibility index (Phi) is 6.94. The maximum Gasteiger partial charge on any atom is 0.495 e. The molecule has 0 aliphatic carbocycles. The van der Waals surface area contributed by atoms with Crippen molar-refractivity contribution in [2.24, 2.45) is 0 Å². The highest BCUT2D eigenvalue weighted by Gasteiger charge is 2.52. The molecule has 0 radical (unpaired) electrons. The zero-order chi connectivity index (χ0) is 21.2. The normalized spacial score (nSPS) is 18.2. The molecule has 158 valence electrons. The standard InChI is InChI=1S/C19H32BNO6S/c1-8-11-28(22,23)21-15-12-14(13-16(24-9-2)17(15)25-10-3)20-26-18(4,5)19(6,7)27-20/h12-13,21H,8-11H2,1-7H3. The van der Waals surface area contributed by atoms with Gasteiger partial charge in [0, 0.05) is 0 Å². The molecule has 1 aliphatic heterocycles. The summed E-state index contributed by atoms with van der Waals surface area (Å²) < 4.78 is 51.1. The summed E-state index contributed by atoms with van der Waals surface area (Å²) in [6, 6.07) is 3.48. The second-order valence-electron chi connectivity index (χ2n) is 7.77. The Morgan fingerprint density at radius 2 is 1.57 bits per heavy atom. The van der Waals surface area contributed by atoms with Crippen molar-refractivity contribution in [3.05, 3.63) is 12.1 Å². The fourth-order valence-electron chi connectivity index (χ4n) is 2.86. The Labute approximate surface area is 169 Å². The molecule has 1 saturated heterocycles. The minimum atomic E-state index is -3.51. The van der Waals surface area contributed by atoms with E-state index < -0.39 is 28.3 Å². The lowest BCUT2D eigenvalue weighted by atomic mass is 9.78. The first-order valence-electron chi connectivity index (χ1n) is 9.76. The van der Waals surface area contributed by atoms with Crippen molar-refractivity contribution in [3.63, 3.8) is 0 Å². The average Bonchev–Trinajstić information content (AvgIpc) is 2.78. The first-order chi connectivity index (χ1) is 13.0. The molecule has 2 rings (SSSR count). The molecule has 1 heterocycles. The summed E-state index contributed by atoms with van der Waals surface area (Å²) in [5.41, 5.74) is -0.0286. The zero-order valence-corrected chi connectivity index (χ0v) is 18.7. The van der Waals surface area contributed by atoms with Gasteiger partial charge in [-0.15, -0.1) is 0 Å². The number of rotatable bonds is 9. The molecule has 1 fully saturated rings. The van der Waals surface area contributed by atoms with Gasteiger partial charge in [0.25, 0.3) is 0 Å². The van der Waals surface area contributed by atoms with Crippen LogP contribution in [-0.2, 0) is 19.3 Å². The number of hydrogen-bond acceptors (Lipinski definition) is 6. The molecule has 0 saturated carbocycles. The van der Waals surface area contributed by atoms with E-state index >= 15 is 0 Å². The zero-order valence-electron chi connectivity index (χ0n) is 17.9. The lowest BCUT2D eigenvalue weighted by Crippen LogP contribution is -2.41. The van der Waals surface area contributed by atoms with E-state index in [1.807, 2.05) is 48.5 Å². The minimum absolute atomic E-state index is 0.0171. The van der Waals surface area contributed by atoms with Crippen LogP contribution in [0.1, 0.15) is 54.9 Å². The molecular weight excluding hydrogens is 381 g/mol. The van der Waals surface area contributed by atoms with E-state index in [9.17, 15) is 8.42 Å². The van der Waals surface area contributed by atoms with Gasteiger partial charge in [0.05, 0.1) is 35.9 Å². The number of nitrogens with one attached hydrogen (secondary N) is 1. The van der Waals surface area contributed by atoms with E-state index in [0.717, 1.165) is 0 Å². The summed E-state index contributed by atoms with van der Waals surface area (Å²) >= 11 is 0. The van der Waals surface area contributed by atoms with Crippen molar-refractivity contribution >= 4 is 28.3 Å². The smallest absolute Gasteiger partial charge is 0.490 e. The number of anilines is 1. The Morgan fingerprint density at radius 1 is 1.00 bits per heavy atom. The van der Waals surface area contributed by atoms with Crippen molar-refractivity contribution in [1.82, 2.24) is 0 Å². The topological polar surface area (TPSA) is 83.1 Å². The Bertz CT molecular complexity index is 778. The number of benzene rings is 1. The molecule has 1 aliphatic rings. The summed E-state index contributed by atoms with van der Waals surface area (Å²) in [7, 11) is -4.15. The van der Waals surface area contributed by atoms with Crippen LogP contribution in [0.4, 0.5) is 5.69 Å². The van der Waals surface area contributed by atoms with Gasteiger partial charge in [0.1, 0.15) is 0 Å². The molecule has 7 nitrogen and oxygen atoms in total. The average molecular weight is 413 g/mol. The van der Waals surface area contributed by atoms with Crippen LogP contribution in [0.25, 0.3) is 0 Å². The maximum atomic E-state index is 12.4. The fourth-order valence-corrected chi connectivity index (χ4v) is 3.98. The van der Waals surface area contributed by atoms with E-state index in [4.69, 9.17) is 18.8 Å². The van der Waals surface area contributed by atoms with E-state index in [1.165, 1.54) is 0 Å². The third-order valence-electron chi connectivity index (χ3n) is 4.93. The van der Waals surface area contributed by atoms with E-state index in [0.29, 0.717) is 42.3 Å². The van der Waals surface area contributed by atoms with Crippen LogP contribution in [0.2, 0.25) is 0 Å². The molecule has 9 heteroatoms. The third-order valence-corrected chi connectivity index (χ3v) is 6.41. The van der Waals surface area contributed by atoms with Crippen molar-refractivity contribution in [2.75, 3.05) is 23.7 Å². The summed E-state index contributed by atoms with van der Waals surface area (Å²) in [5, 5.41) is 0. The summed E-state index contributed by atoms with van der Waals surface area (Å²) in [6.45, 7) is 14.2. The van der Waals surface area contributed by atoms with Gasteiger partial charge in [-0.05, 0) is 65.6 Å². The summed E-state index contributed by atoms with van der Waals surface area (Å²) in [5.74, 6) is 0.832. The minimum Gasteiger partial charge on any atom is -0.490 e. The molecule has 1 N–H and O–H groups in total. The van der Waals surface area contributed by atoms with Crippen LogP contribution < -0.4 is 19.7 Å². The van der Waals surface area contributed by atoms with E-state index in [2.05, 4.69) is 4.72 Å². The SMILES string of the molecule is CCCS(=O)(=O)Nc1cc(B2OC(C)(C)C(C)(C)O2)cc(OCC)c1OCC. The van der Waals surface area contributed by atoms with Crippen molar-refractivity contribution in [3.8, 4) is 11.5 Å². The van der Waals surface area contributed by atoms with Crippen LogP contribution in [0.5, 0.6) is 11.5 Å². The lowest BCUT2D eigenvalue weighted by molar-refractivity contribution is 0.00578. The highest BCUT2D eigenvalue weighted by molar-refractivity contribution is 7.92. The molecule has 0 bridgehead atoms. The Morgan fingerprint density at radius 3 is 2.07 bits per heavy atom. The fraction of sp³-hybridized carbons (Fsp3) is 0.684. The number of sulfonamides is 1. The molecule has 0 spiro atoms. The van der Waals surface area contributed by atoms with Gasteiger partial charge in [-0.3, -0.25) is 4.72 Å². The Balaban J connectivity index is 2.53. The van der Waals surface area contributed by atoms with E-state index in [-0.39, 0.29) is 5.75 Å². The lowest BCUT2D eigenvalue weighted by Gasteiger charge is -2.32. The number of ether oxygens (including phenoxy) is 2. The van der Waals surface area contributed by atoms with Crippen LogP contribution in [-0.4, -0.2) is 45.7 Å². The predicted molar refractivity (Wildman–Crippen MR) is 112 cm³/mol. The molecule has 1 aromatic rings. The summed E-state index contributed by atoms with van der Waals surface area (Å²) in [6.07, 6.45) is 0.508. The second-order valence-corrected chi connectivity index (χ2v) is 9.61. The van der Waals surface area contributed by atoms with Gasteiger partial charge in [0.15, 0.2) is 11.5 Å². The first-order valence-corrected chi connectivity index (χ1v) is 11.4. The number of hydrogen-bond donors (Lipinski definition) is 1. The molecule has 0 aromatic heterocycles. The largest absolute Gasteiger partial charge is 0.495 e. The molecule has 0 unspecified atom stereocenters. The Hall–Kier alpha value is -1.45. The molecular formula is C19H32BNO6S. The maximum absolute atomic E-state index is 12.4. The molecule has 0 atom stereocenters. The van der Waals surface area contributed by atoms with Crippen molar-refractivity contribution in [1.29, 1.82) is 0 Å². The van der Waals surface area contributed by atoms with Crippen molar-refractivity contribution in [2.45, 2.75) is 66.1 Å². The third kappa shape index (κ3) is 4.93. The van der Waals surface area contributed by atoms with Crippen molar-refractivity contribution < 1.29 is 27.2 Å². The highest BCUT2D eigenvalue weighted by atomic mass is 32.2. The van der Waals surface area contributed by atoms with Gasteiger partial charge < -0.3 is 18.8 Å². The molecule has 0 amide bonds. The van der Waals surface area contributed by atoms with Crippen LogP contribution in [0.3, 0.4) is 0 Å². The second kappa shape index (κ2) is 8.51. The van der Waals surface area contributed by atoms with Crippen LogP contribution in [0.15, 0.2) is 12.1 Å². The quantitative estimate of drug-likeness (QED) is 0.627. The monoisotopic (exact) mass is 413 g/mol. The van der Waals surface area contributed by atoms with Gasteiger partial charge in [-0.25, -0.2) is 8.42 Å². The van der Waals surface area contributed by atoms with Gasteiger partial charge in [-0.1, -0.05) is 6.92 Å². The van der Waals surface area contributed by atoms with E-state index in [1.54, 1.807) is 12.1 Å². The first kappa shape index (κ1) is 22.8. The van der Waals surface area contributed by atoms with Crippen LogP contribution >= 0.6 is 0 Å².